The molecular weight excluding hydrogens is 807 g/mol. The number of aliphatic hydroxyl groups excluding tert-OH is 4. The van der Waals surface area contributed by atoms with Crippen molar-refractivity contribution in [2.75, 3.05) is 48.7 Å². The lowest BCUT2D eigenvalue weighted by molar-refractivity contribution is -0.330. The Hall–Kier alpha value is -2.03. The summed E-state index contributed by atoms with van der Waals surface area (Å²) in [7, 11) is 6.86. The highest BCUT2D eigenvalue weighted by atomic mass is 32.2. The Balaban J connectivity index is 1.23. The number of benzene rings is 1. The predicted octanol–water partition coefficient (Wildman–Crippen LogP) is 0.516. The third-order valence-electron chi connectivity index (χ3n) is 11.1. The fraction of sp³-hybridized carbons (Fsp3) is 0.816. The van der Waals surface area contributed by atoms with Crippen molar-refractivity contribution in [3.63, 3.8) is 0 Å². The quantitative estimate of drug-likeness (QED) is 0.124. The molecule has 4 aliphatic heterocycles. The van der Waals surface area contributed by atoms with Gasteiger partial charge in [-0.05, 0) is 34.2 Å². The second-order valence-corrected chi connectivity index (χ2v) is 16.0. The standard InChI is InChI=1S/C38H61FN2O17S/c1-11-40-19-14-52-22(13-21(19)47-6)56-33-28(44)26(16(3)54-38(33)51-10)41-58-23-12-20(42)35(18(5)53-23)59-36(46)24-15(2)25(39)31(34(50-9)30(24)48-7)57-37-29(45)32(49-8)27(43)17(4)55-37/h16-23,26-29,32-33,35,37-38,40-45H,11-14H2,1-10H3/t16-,17+,18-,19+,20+,21+,22+,23+,26-,27+,28+,29-,32-,33-,35-,37+,38-/m1/s1. The molecule has 19 nitrogen and oxygen atoms in total. The number of carbonyl (C=O) groups excluding carboxylic acids is 1. The van der Waals surface area contributed by atoms with E-state index in [1.807, 2.05) is 6.92 Å². The van der Waals surface area contributed by atoms with E-state index in [9.17, 15) is 25.2 Å². The first-order valence-electron chi connectivity index (χ1n) is 19.6. The Bertz CT molecular complexity index is 1520. The molecule has 59 heavy (non-hydrogen) atoms. The molecule has 4 aliphatic rings. The fourth-order valence-corrected chi connectivity index (χ4v) is 8.97. The van der Waals surface area contributed by atoms with E-state index in [4.69, 9.17) is 56.9 Å². The molecule has 1 aromatic carbocycles. The van der Waals surface area contributed by atoms with E-state index < -0.39 is 108 Å². The number of hydroxylamine groups is 1. The minimum absolute atomic E-state index is 0.0152. The highest BCUT2D eigenvalue weighted by Crippen LogP contribution is 2.47. The summed E-state index contributed by atoms with van der Waals surface area (Å²) >= 11 is 0.723. The number of aliphatic hydroxyl groups is 4. The monoisotopic (exact) mass is 868 g/mol. The summed E-state index contributed by atoms with van der Waals surface area (Å²) in [5.74, 6) is -1.92. The Labute approximate surface area is 347 Å². The number of hydrogen-bond acceptors (Lipinski definition) is 20. The average Bonchev–Trinajstić information content (AvgIpc) is 3.21. The number of halogens is 1. The first-order valence-corrected chi connectivity index (χ1v) is 20.5. The summed E-state index contributed by atoms with van der Waals surface area (Å²) in [6.45, 7) is 9.35. The van der Waals surface area contributed by atoms with Gasteiger partial charge < -0.3 is 77.8 Å². The highest BCUT2D eigenvalue weighted by Gasteiger charge is 2.49. The van der Waals surface area contributed by atoms with E-state index in [1.54, 1.807) is 21.0 Å². The molecule has 0 bridgehead atoms. The SMILES string of the molecule is CCN[C@H]1CO[C@@H](O[C@H]2[C@H](OC)O[C@H](C)[C@@H](NO[C@H]3C[C@H](O)[C@H](SC(=O)c4c(C)c(F)c(O[C@@H]5O[C@@H](C)[C@H](O)[C@@H](OC)[C@H]5O)c(OC)c4OC)[C@@H](C)O3)[C@@H]2O)C[C@@H]1OC. The Morgan fingerprint density at radius 1 is 0.814 bits per heavy atom. The van der Waals surface area contributed by atoms with E-state index in [1.165, 1.54) is 42.3 Å². The van der Waals surface area contributed by atoms with Crippen LogP contribution in [0.15, 0.2) is 0 Å². The van der Waals surface area contributed by atoms with Gasteiger partial charge in [0.25, 0.3) is 0 Å². The Morgan fingerprint density at radius 2 is 1.51 bits per heavy atom. The number of nitrogens with one attached hydrogen (secondary N) is 2. The van der Waals surface area contributed by atoms with Crippen molar-refractivity contribution in [3.8, 4) is 17.2 Å². The number of thioether (sulfide) groups is 1. The average molecular weight is 869 g/mol. The van der Waals surface area contributed by atoms with E-state index in [2.05, 4.69) is 10.8 Å². The van der Waals surface area contributed by atoms with Gasteiger partial charge in [-0.2, -0.15) is 5.48 Å². The maximum Gasteiger partial charge on any atom is 0.229 e. The number of carbonyl (C=O) groups is 1. The van der Waals surface area contributed by atoms with Crippen molar-refractivity contribution in [2.24, 2.45) is 0 Å². The van der Waals surface area contributed by atoms with Crippen molar-refractivity contribution < 1.29 is 86.6 Å². The van der Waals surface area contributed by atoms with Crippen LogP contribution in [0.25, 0.3) is 0 Å². The summed E-state index contributed by atoms with van der Waals surface area (Å²) in [6.07, 6.45) is -13.3. The van der Waals surface area contributed by atoms with Gasteiger partial charge in [0.15, 0.2) is 30.4 Å². The molecule has 338 valence electrons. The van der Waals surface area contributed by atoms with Gasteiger partial charge in [-0.15, -0.1) is 0 Å². The van der Waals surface area contributed by atoms with Gasteiger partial charge in [0.1, 0.15) is 30.5 Å². The molecule has 0 spiro atoms. The molecule has 0 amide bonds. The van der Waals surface area contributed by atoms with Gasteiger partial charge in [0.05, 0.1) is 74.2 Å². The number of methoxy groups -OCH3 is 5. The summed E-state index contributed by atoms with van der Waals surface area (Å²) in [5, 5.41) is 45.8. The molecule has 0 unspecified atom stereocenters. The molecule has 0 saturated carbocycles. The van der Waals surface area contributed by atoms with E-state index >= 15 is 4.39 Å². The zero-order valence-corrected chi connectivity index (χ0v) is 35.8. The van der Waals surface area contributed by atoms with Crippen LogP contribution in [0.5, 0.6) is 17.2 Å². The minimum Gasteiger partial charge on any atom is -0.492 e. The zero-order valence-electron chi connectivity index (χ0n) is 35.0. The molecule has 1 aromatic rings. The summed E-state index contributed by atoms with van der Waals surface area (Å²) < 4.78 is 79.2. The maximum absolute atomic E-state index is 16.2. The highest BCUT2D eigenvalue weighted by molar-refractivity contribution is 8.14. The van der Waals surface area contributed by atoms with Gasteiger partial charge >= 0.3 is 0 Å². The van der Waals surface area contributed by atoms with Crippen LogP contribution in [-0.2, 0) is 42.7 Å². The van der Waals surface area contributed by atoms with Gasteiger partial charge in [0, 0.05) is 39.7 Å². The molecule has 4 saturated heterocycles. The predicted molar refractivity (Wildman–Crippen MR) is 206 cm³/mol. The zero-order chi connectivity index (χ0) is 43.3. The van der Waals surface area contributed by atoms with Gasteiger partial charge in [-0.3, -0.25) is 9.63 Å². The molecule has 21 heteroatoms. The normalized spacial score (nSPS) is 39.1. The fourth-order valence-electron chi connectivity index (χ4n) is 7.83. The third-order valence-corrected chi connectivity index (χ3v) is 12.5. The van der Waals surface area contributed by atoms with E-state index in [0.717, 1.165) is 18.3 Å². The van der Waals surface area contributed by atoms with Crippen molar-refractivity contribution in [1.82, 2.24) is 10.8 Å². The van der Waals surface area contributed by atoms with Crippen LogP contribution in [0.1, 0.15) is 56.5 Å². The molecule has 4 heterocycles. The van der Waals surface area contributed by atoms with Crippen molar-refractivity contribution in [3.05, 3.63) is 16.9 Å². The van der Waals surface area contributed by atoms with E-state index in [0.29, 0.717) is 13.0 Å². The van der Waals surface area contributed by atoms with Gasteiger partial charge in [0.2, 0.25) is 22.9 Å². The first kappa shape index (κ1) is 48.0. The lowest BCUT2D eigenvalue weighted by atomic mass is 9.97. The molecule has 5 rings (SSSR count). The molecular formula is C38H61FN2O17S. The molecule has 0 aliphatic carbocycles. The third kappa shape index (κ3) is 10.4. The van der Waals surface area contributed by atoms with Crippen LogP contribution in [-0.4, -0.2) is 178 Å². The summed E-state index contributed by atoms with van der Waals surface area (Å²) in [5.41, 5.74) is 2.50. The Morgan fingerprint density at radius 3 is 2.12 bits per heavy atom. The largest absolute Gasteiger partial charge is 0.492 e. The van der Waals surface area contributed by atoms with Crippen molar-refractivity contribution >= 4 is 16.9 Å². The van der Waals surface area contributed by atoms with Crippen LogP contribution in [0.2, 0.25) is 0 Å². The van der Waals surface area contributed by atoms with Crippen LogP contribution in [0, 0.1) is 12.7 Å². The summed E-state index contributed by atoms with van der Waals surface area (Å²) in [4.78, 5) is 19.8. The van der Waals surface area contributed by atoms with Gasteiger partial charge in [-0.25, -0.2) is 4.39 Å². The minimum atomic E-state index is -1.52. The second-order valence-electron chi connectivity index (χ2n) is 14.9. The van der Waals surface area contributed by atoms with Crippen LogP contribution in [0.3, 0.4) is 0 Å². The maximum atomic E-state index is 16.2. The molecule has 4 fully saturated rings. The molecule has 17 atom stereocenters. The van der Waals surface area contributed by atoms with Crippen molar-refractivity contribution in [1.29, 1.82) is 0 Å². The van der Waals surface area contributed by atoms with E-state index in [-0.39, 0.29) is 41.2 Å². The molecule has 0 radical (unpaired) electrons. The molecule has 6 N–H and O–H groups in total. The van der Waals surface area contributed by atoms with Crippen LogP contribution >= 0.6 is 11.8 Å². The smallest absolute Gasteiger partial charge is 0.229 e. The van der Waals surface area contributed by atoms with Gasteiger partial charge in [-0.1, -0.05) is 18.7 Å². The first-order chi connectivity index (χ1) is 28.1. The number of likely N-dealkylation sites (N-methyl/N-ethyl adjacent to an activating group) is 1. The van der Waals surface area contributed by atoms with Crippen LogP contribution < -0.4 is 25.0 Å². The van der Waals surface area contributed by atoms with Crippen molar-refractivity contribution in [2.45, 2.75) is 151 Å². The lowest BCUT2D eigenvalue weighted by Gasteiger charge is -2.45. The second kappa shape index (κ2) is 21.4. The number of hydrogen-bond donors (Lipinski definition) is 6. The lowest BCUT2D eigenvalue weighted by Crippen LogP contribution is -2.64. The van der Waals surface area contributed by atoms with Crippen LogP contribution in [0.4, 0.5) is 4.39 Å². The molecule has 0 aromatic heterocycles. The number of rotatable bonds is 16. The topological polar surface area (TPSA) is 233 Å². The number of ether oxygens (including phenoxy) is 11. The summed E-state index contributed by atoms with van der Waals surface area (Å²) in [6, 6.07) is -0.845. The Kier molecular flexibility index (Phi) is 17.4.